The van der Waals surface area contributed by atoms with E-state index in [1.807, 2.05) is 47.1 Å². The highest BCUT2D eigenvalue weighted by atomic mass is 16.3. The molecule has 3 N–H and O–H groups in total. The molecule has 26 heavy (non-hydrogen) atoms. The molecule has 0 bridgehead atoms. The van der Waals surface area contributed by atoms with Gasteiger partial charge in [0.05, 0.1) is 0 Å². The van der Waals surface area contributed by atoms with Crippen molar-refractivity contribution in [2.45, 2.75) is 32.2 Å². The van der Waals surface area contributed by atoms with Crippen molar-refractivity contribution in [1.29, 1.82) is 0 Å². The lowest BCUT2D eigenvalue weighted by Crippen LogP contribution is -2.22. The van der Waals surface area contributed by atoms with Crippen LogP contribution in [0.2, 0.25) is 0 Å². The fourth-order valence-electron chi connectivity index (χ4n) is 2.88. The van der Waals surface area contributed by atoms with Gasteiger partial charge in [0.2, 0.25) is 0 Å². The van der Waals surface area contributed by atoms with Gasteiger partial charge in [-0.05, 0) is 24.5 Å². The summed E-state index contributed by atoms with van der Waals surface area (Å²) < 4.78 is 1.87. The molecule has 0 aliphatic carbocycles. The van der Waals surface area contributed by atoms with Gasteiger partial charge >= 0.3 is 5.69 Å². The van der Waals surface area contributed by atoms with Gasteiger partial charge in [-0.2, -0.15) is 0 Å². The molecule has 0 atom stereocenters. The predicted octanol–water partition coefficient (Wildman–Crippen LogP) is 2.14. The molecule has 0 spiro atoms. The standard InChI is InChI=1S/C19H22N4O3/c24-13-7-2-1-6-12-23-15(11-10-14-8-4-3-5-9-14)20-16-17(23)21-19(26)22-18(16)25/h3-5,8-11,24H,1-2,6-7,12-13H2,(H2,21,22,25,26). The van der Waals surface area contributed by atoms with Crippen LogP contribution < -0.4 is 11.2 Å². The zero-order valence-electron chi connectivity index (χ0n) is 14.4. The zero-order valence-corrected chi connectivity index (χ0v) is 14.4. The number of unbranched alkanes of at least 4 members (excludes halogenated alkanes) is 3. The average Bonchev–Trinajstić information content (AvgIpc) is 2.99. The first-order valence-corrected chi connectivity index (χ1v) is 8.76. The number of aromatic nitrogens is 4. The first-order valence-electron chi connectivity index (χ1n) is 8.76. The van der Waals surface area contributed by atoms with E-state index in [1.165, 1.54) is 0 Å². The molecule has 0 saturated carbocycles. The lowest BCUT2D eigenvalue weighted by atomic mass is 10.2. The normalized spacial score (nSPS) is 11.6. The van der Waals surface area contributed by atoms with Crippen molar-refractivity contribution in [3.8, 4) is 0 Å². The molecule has 136 valence electrons. The summed E-state index contributed by atoms with van der Waals surface area (Å²) in [6.45, 7) is 0.831. The Bertz CT molecular complexity index is 999. The van der Waals surface area contributed by atoms with Crippen molar-refractivity contribution in [2.75, 3.05) is 6.61 Å². The van der Waals surface area contributed by atoms with Crippen LogP contribution in [0, 0.1) is 0 Å². The molecule has 1 aromatic carbocycles. The second-order valence-electron chi connectivity index (χ2n) is 6.11. The molecule has 0 aliphatic heterocycles. The predicted molar refractivity (Wildman–Crippen MR) is 102 cm³/mol. The van der Waals surface area contributed by atoms with Crippen molar-refractivity contribution in [3.63, 3.8) is 0 Å². The van der Waals surface area contributed by atoms with Gasteiger partial charge in [0.1, 0.15) is 11.5 Å². The molecule has 7 nitrogen and oxygen atoms in total. The number of nitrogens with zero attached hydrogens (tertiary/aromatic N) is 2. The Morgan fingerprint density at radius 3 is 2.54 bits per heavy atom. The molecular weight excluding hydrogens is 332 g/mol. The summed E-state index contributed by atoms with van der Waals surface area (Å²) in [4.78, 5) is 33.0. The number of nitrogens with one attached hydrogen (secondary N) is 2. The Labute approximate surface area is 150 Å². The van der Waals surface area contributed by atoms with E-state index in [1.54, 1.807) is 0 Å². The van der Waals surface area contributed by atoms with Crippen LogP contribution in [0.15, 0.2) is 39.9 Å². The molecule has 0 unspecified atom stereocenters. The first-order chi connectivity index (χ1) is 12.7. The number of aliphatic hydroxyl groups is 1. The third-order valence-corrected chi connectivity index (χ3v) is 4.19. The van der Waals surface area contributed by atoms with E-state index in [9.17, 15) is 9.59 Å². The van der Waals surface area contributed by atoms with Crippen molar-refractivity contribution in [1.82, 2.24) is 19.5 Å². The molecule has 0 amide bonds. The van der Waals surface area contributed by atoms with Crippen LogP contribution in [0.3, 0.4) is 0 Å². The summed E-state index contributed by atoms with van der Waals surface area (Å²) in [5, 5.41) is 8.87. The van der Waals surface area contributed by atoms with Gasteiger partial charge in [0.25, 0.3) is 5.56 Å². The fourth-order valence-corrected chi connectivity index (χ4v) is 2.88. The highest BCUT2D eigenvalue weighted by molar-refractivity contribution is 5.75. The van der Waals surface area contributed by atoms with Crippen LogP contribution in [0.1, 0.15) is 37.1 Å². The highest BCUT2D eigenvalue weighted by Gasteiger charge is 2.12. The Balaban J connectivity index is 1.93. The molecule has 2 heterocycles. The van der Waals surface area contributed by atoms with E-state index < -0.39 is 11.2 Å². The van der Waals surface area contributed by atoms with Gasteiger partial charge in [-0.25, -0.2) is 9.78 Å². The van der Waals surface area contributed by atoms with Gasteiger partial charge in [0.15, 0.2) is 5.52 Å². The molecule has 3 rings (SSSR count). The summed E-state index contributed by atoms with van der Waals surface area (Å²) in [7, 11) is 0. The maximum Gasteiger partial charge on any atom is 0.327 e. The summed E-state index contributed by atoms with van der Waals surface area (Å²) in [5.74, 6) is 0.623. The molecule has 0 radical (unpaired) electrons. The summed E-state index contributed by atoms with van der Waals surface area (Å²) in [6.07, 6.45) is 7.32. The number of H-pyrrole nitrogens is 2. The van der Waals surface area contributed by atoms with Crippen LogP contribution in [0.25, 0.3) is 23.3 Å². The fraction of sp³-hybridized carbons (Fsp3) is 0.316. The molecule has 2 aromatic heterocycles. The summed E-state index contributed by atoms with van der Waals surface area (Å²) in [5.41, 5.74) is 0.664. The van der Waals surface area contributed by atoms with E-state index in [-0.39, 0.29) is 12.1 Å². The van der Waals surface area contributed by atoms with Crippen molar-refractivity contribution in [3.05, 3.63) is 62.6 Å². The minimum atomic E-state index is -0.539. The van der Waals surface area contributed by atoms with Crippen molar-refractivity contribution in [2.24, 2.45) is 0 Å². The topological polar surface area (TPSA) is 104 Å². The summed E-state index contributed by atoms with van der Waals surface area (Å²) >= 11 is 0. The van der Waals surface area contributed by atoms with Gasteiger partial charge < -0.3 is 9.67 Å². The van der Waals surface area contributed by atoms with Crippen molar-refractivity contribution >= 4 is 23.3 Å². The maximum atomic E-state index is 12.1. The monoisotopic (exact) mass is 354 g/mol. The smallest absolute Gasteiger partial charge is 0.327 e. The van der Waals surface area contributed by atoms with Gasteiger partial charge in [0, 0.05) is 13.2 Å². The number of aromatic amines is 2. The number of hydrogen-bond donors (Lipinski definition) is 3. The van der Waals surface area contributed by atoms with E-state index in [0.29, 0.717) is 18.0 Å². The van der Waals surface area contributed by atoms with Gasteiger partial charge in [-0.1, -0.05) is 49.2 Å². The average molecular weight is 354 g/mol. The van der Waals surface area contributed by atoms with Crippen LogP contribution >= 0.6 is 0 Å². The SMILES string of the molecule is O=c1[nH]c(=O)c2nc(C=Cc3ccccc3)n(CCCCCCO)c2[nH]1. The minimum absolute atomic E-state index is 0.196. The third-order valence-electron chi connectivity index (χ3n) is 4.19. The van der Waals surface area contributed by atoms with E-state index >= 15 is 0 Å². The minimum Gasteiger partial charge on any atom is -0.396 e. The molecule has 0 fully saturated rings. The van der Waals surface area contributed by atoms with Crippen LogP contribution in [-0.4, -0.2) is 31.2 Å². The second kappa shape index (κ2) is 8.44. The Hall–Kier alpha value is -2.93. The van der Waals surface area contributed by atoms with Gasteiger partial charge in [-0.3, -0.25) is 14.8 Å². The van der Waals surface area contributed by atoms with E-state index in [0.717, 1.165) is 31.2 Å². The number of hydrogen-bond acceptors (Lipinski definition) is 4. The number of fused-ring (bicyclic) bond motifs is 1. The second-order valence-corrected chi connectivity index (χ2v) is 6.11. The Kier molecular flexibility index (Phi) is 5.80. The first kappa shape index (κ1) is 17.9. The summed E-state index contributed by atoms with van der Waals surface area (Å²) in [6, 6.07) is 9.81. The van der Waals surface area contributed by atoms with Crippen LogP contribution in [-0.2, 0) is 6.54 Å². The number of imidazole rings is 1. The lowest BCUT2D eigenvalue weighted by Gasteiger charge is -2.06. The Morgan fingerprint density at radius 2 is 1.77 bits per heavy atom. The van der Waals surface area contributed by atoms with Gasteiger partial charge in [-0.15, -0.1) is 0 Å². The number of benzene rings is 1. The van der Waals surface area contributed by atoms with Crippen LogP contribution in [0.5, 0.6) is 0 Å². The van der Waals surface area contributed by atoms with Crippen LogP contribution in [0.4, 0.5) is 0 Å². The van der Waals surface area contributed by atoms with Crippen molar-refractivity contribution < 1.29 is 5.11 Å². The molecule has 7 heteroatoms. The highest BCUT2D eigenvalue weighted by Crippen LogP contribution is 2.15. The maximum absolute atomic E-state index is 12.1. The third kappa shape index (κ3) is 4.18. The molecule has 0 aliphatic rings. The van der Waals surface area contributed by atoms with E-state index in [2.05, 4.69) is 15.0 Å². The molecule has 3 aromatic rings. The molecular formula is C19H22N4O3. The van der Waals surface area contributed by atoms with E-state index in [4.69, 9.17) is 5.11 Å². The number of rotatable bonds is 8. The number of aryl methyl sites for hydroxylation is 1. The largest absolute Gasteiger partial charge is 0.396 e. The zero-order chi connectivity index (χ0) is 18.4. The molecule has 0 saturated heterocycles. The quantitative estimate of drug-likeness (QED) is 0.539. The lowest BCUT2D eigenvalue weighted by molar-refractivity contribution is 0.282. The number of aliphatic hydroxyl groups excluding tert-OH is 1. The Morgan fingerprint density at radius 1 is 1.00 bits per heavy atom.